The number of hydrogen-bond acceptors (Lipinski definition) is 5. The van der Waals surface area contributed by atoms with E-state index in [0.717, 1.165) is 30.3 Å². The first-order valence-corrected chi connectivity index (χ1v) is 8.80. The number of likely N-dealkylation sites (N-methyl/N-ethyl adjacent to an activating group) is 1. The normalized spacial score (nSPS) is 17.7. The maximum Gasteiger partial charge on any atom is 0.133 e. The molecule has 0 aliphatic carbocycles. The van der Waals surface area contributed by atoms with E-state index in [4.69, 9.17) is 0 Å². The van der Waals surface area contributed by atoms with Crippen LogP contribution in [0.2, 0.25) is 0 Å². The summed E-state index contributed by atoms with van der Waals surface area (Å²) in [6.45, 7) is 16.7. The molecule has 1 aliphatic heterocycles. The Kier molecular flexibility index (Phi) is 5.98. The van der Waals surface area contributed by atoms with Crippen molar-refractivity contribution < 1.29 is 0 Å². The zero-order valence-corrected chi connectivity index (χ0v) is 15.7. The van der Waals surface area contributed by atoms with Crippen molar-refractivity contribution in [2.75, 3.05) is 45.1 Å². The summed E-state index contributed by atoms with van der Waals surface area (Å²) in [6.07, 6.45) is 1.11. The topological polar surface area (TPSA) is 44.3 Å². The molecule has 1 aliphatic rings. The van der Waals surface area contributed by atoms with E-state index in [0.29, 0.717) is 5.92 Å². The molecule has 1 fully saturated rings. The van der Waals surface area contributed by atoms with Crippen LogP contribution in [0.3, 0.4) is 0 Å². The van der Waals surface area contributed by atoms with Gasteiger partial charge in [-0.3, -0.25) is 0 Å². The van der Waals surface area contributed by atoms with Crippen LogP contribution in [0.25, 0.3) is 0 Å². The minimum Gasteiger partial charge on any atom is -0.365 e. The lowest BCUT2D eigenvalue weighted by Crippen LogP contribution is -2.46. The fourth-order valence-electron chi connectivity index (χ4n) is 2.83. The number of aryl methyl sites for hydroxylation is 1. The van der Waals surface area contributed by atoms with Gasteiger partial charge in [-0.05, 0) is 34.2 Å². The number of nitrogens with one attached hydrogen (secondary N) is 1. The fraction of sp³-hybridized carbons (Fsp3) is 0.778. The number of rotatable bonds is 6. The van der Waals surface area contributed by atoms with E-state index in [1.807, 2.05) is 13.0 Å². The van der Waals surface area contributed by atoms with Gasteiger partial charge in [-0.1, -0.05) is 13.8 Å². The fourth-order valence-corrected chi connectivity index (χ4v) is 2.83. The highest BCUT2D eigenvalue weighted by Gasteiger charge is 2.22. The highest BCUT2D eigenvalue weighted by molar-refractivity contribution is 5.38. The van der Waals surface area contributed by atoms with Gasteiger partial charge in [-0.15, -0.1) is 0 Å². The molecule has 0 saturated carbocycles. The highest BCUT2D eigenvalue weighted by atomic mass is 15.2. The van der Waals surface area contributed by atoms with Gasteiger partial charge in [0.1, 0.15) is 11.6 Å². The summed E-state index contributed by atoms with van der Waals surface area (Å²) in [5.74, 6) is 2.22. The molecule has 130 valence electrons. The summed E-state index contributed by atoms with van der Waals surface area (Å²) in [7, 11) is 2.20. The highest BCUT2D eigenvalue weighted by Crippen LogP contribution is 2.20. The summed E-state index contributed by atoms with van der Waals surface area (Å²) in [6, 6.07) is 2.05. The first-order valence-electron chi connectivity index (χ1n) is 8.80. The summed E-state index contributed by atoms with van der Waals surface area (Å²) in [5.41, 5.74) is 1.05. The van der Waals surface area contributed by atoms with Crippen molar-refractivity contribution in [3.63, 3.8) is 0 Å². The van der Waals surface area contributed by atoms with Crippen LogP contribution in [0.15, 0.2) is 6.07 Å². The van der Waals surface area contributed by atoms with Crippen molar-refractivity contribution in [2.24, 2.45) is 0 Å². The van der Waals surface area contributed by atoms with Gasteiger partial charge in [0.15, 0.2) is 0 Å². The predicted molar refractivity (Wildman–Crippen MR) is 97.1 cm³/mol. The molecule has 1 saturated heterocycles. The smallest absolute Gasteiger partial charge is 0.133 e. The third-order valence-corrected chi connectivity index (χ3v) is 4.50. The standard InChI is InChI=1S/C18H33N5/c1-14(2)17-19-15(3)13-16(20-17)21-18(4,5)7-8-23-11-9-22(6)10-12-23/h13-14H,7-12H2,1-6H3,(H,19,20,21). The Bertz CT molecular complexity index is 504. The number of nitrogens with zero attached hydrogens (tertiary/aromatic N) is 4. The van der Waals surface area contributed by atoms with Crippen molar-refractivity contribution in [3.05, 3.63) is 17.6 Å². The zero-order valence-electron chi connectivity index (χ0n) is 15.7. The summed E-state index contributed by atoms with van der Waals surface area (Å²) < 4.78 is 0. The summed E-state index contributed by atoms with van der Waals surface area (Å²) in [5, 5.41) is 3.61. The molecule has 0 aromatic carbocycles. The van der Waals surface area contributed by atoms with Crippen LogP contribution in [-0.4, -0.2) is 65.1 Å². The molecule has 0 radical (unpaired) electrons. The Labute approximate surface area is 141 Å². The van der Waals surface area contributed by atoms with Gasteiger partial charge >= 0.3 is 0 Å². The van der Waals surface area contributed by atoms with Gasteiger partial charge in [0, 0.05) is 55.9 Å². The van der Waals surface area contributed by atoms with Gasteiger partial charge in [0.05, 0.1) is 0 Å². The Morgan fingerprint density at radius 3 is 2.43 bits per heavy atom. The molecule has 23 heavy (non-hydrogen) atoms. The van der Waals surface area contributed by atoms with Crippen molar-refractivity contribution in [2.45, 2.75) is 52.5 Å². The van der Waals surface area contributed by atoms with E-state index in [1.165, 1.54) is 26.2 Å². The monoisotopic (exact) mass is 319 g/mol. The Balaban J connectivity index is 1.92. The molecule has 0 atom stereocenters. The molecule has 1 N–H and O–H groups in total. The van der Waals surface area contributed by atoms with Gasteiger partial charge in [-0.2, -0.15) is 0 Å². The van der Waals surface area contributed by atoms with Gasteiger partial charge in [-0.25, -0.2) is 9.97 Å². The molecular formula is C18H33N5. The second-order valence-electron chi connectivity index (χ2n) is 7.81. The average molecular weight is 319 g/mol. The lowest BCUT2D eigenvalue weighted by atomic mass is 10.00. The molecular weight excluding hydrogens is 286 g/mol. The number of anilines is 1. The minimum atomic E-state index is 0.0262. The van der Waals surface area contributed by atoms with Crippen molar-refractivity contribution in [1.29, 1.82) is 0 Å². The molecule has 2 rings (SSSR count). The van der Waals surface area contributed by atoms with E-state index in [2.05, 4.69) is 59.8 Å². The molecule has 5 nitrogen and oxygen atoms in total. The van der Waals surface area contributed by atoms with Crippen LogP contribution in [0.4, 0.5) is 5.82 Å². The molecule has 1 aromatic heterocycles. The lowest BCUT2D eigenvalue weighted by molar-refractivity contribution is 0.147. The molecule has 0 bridgehead atoms. The zero-order chi connectivity index (χ0) is 17.0. The van der Waals surface area contributed by atoms with Crippen LogP contribution in [0, 0.1) is 6.92 Å². The lowest BCUT2D eigenvalue weighted by Gasteiger charge is -2.35. The second kappa shape index (κ2) is 7.58. The quantitative estimate of drug-likeness (QED) is 0.873. The van der Waals surface area contributed by atoms with Crippen molar-refractivity contribution in [1.82, 2.24) is 19.8 Å². The van der Waals surface area contributed by atoms with Gasteiger partial charge in [0.2, 0.25) is 0 Å². The van der Waals surface area contributed by atoms with Crippen LogP contribution < -0.4 is 5.32 Å². The summed E-state index contributed by atoms with van der Waals surface area (Å²) >= 11 is 0. The summed E-state index contributed by atoms with van der Waals surface area (Å²) in [4.78, 5) is 14.2. The third-order valence-electron chi connectivity index (χ3n) is 4.50. The van der Waals surface area contributed by atoms with Gasteiger partial charge < -0.3 is 15.1 Å². The number of aromatic nitrogens is 2. The first-order chi connectivity index (χ1) is 10.7. The molecule has 0 amide bonds. The third kappa shape index (κ3) is 5.74. The van der Waals surface area contributed by atoms with Crippen LogP contribution in [0.5, 0.6) is 0 Å². The van der Waals surface area contributed by atoms with Crippen LogP contribution >= 0.6 is 0 Å². The van der Waals surface area contributed by atoms with E-state index in [9.17, 15) is 0 Å². The average Bonchev–Trinajstić information content (AvgIpc) is 2.45. The maximum absolute atomic E-state index is 4.68. The minimum absolute atomic E-state index is 0.0262. The van der Waals surface area contributed by atoms with Gasteiger partial charge in [0.25, 0.3) is 0 Å². The SMILES string of the molecule is Cc1cc(NC(C)(C)CCN2CCN(C)CC2)nc(C(C)C)n1. The Morgan fingerprint density at radius 1 is 1.17 bits per heavy atom. The van der Waals surface area contributed by atoms with Crippen molar-refractivity contribution in [3.8, 4) is 0 Å². The largest absolute Gasteiger partial charge is 0.365 e. The van der Waals surface area contributed by atoms with E-state index in [1.54, 1.807) is 0 Å². The molecule has 5 heteroatoms. The van der Waals surface area contributed by atoms with E-state index in [-0.39, 0.29) is 5.54 Å². The molecule has 1 aromatic rings. The Morgan fingerprint density at radius 2 is 1.83 bits per heavy atom. The van der Waals surface area contributed by atoms with Crippen LogP contribution in [0.1, 0.15) is 51.6 Å². The van der Waals surface area contributed by atoms with Crippen molar-refractivity contribution >= 4 is 5.82 Å². The molecule has 0 unspecified atom stereocenters. The number of hydrogen-bond donors (Lipinski definition) is 1. The maximum atomic E-state index is 4.68. The first kappa shape index (κ1) is 18.1. The van der Waals surface area contributed by atoms with E-state index >= 15 is 0 Å². The Hall–Kier alpha value is -1.20. The predicted octanol–water partition coefficient (Wildman–Crippen LogP) is 2.74. The number of piperazine rings is 1. The molecule has 0 spiro atoms. The second-order valence-corrected chi connectivity index (χ2v) is 7.81. The molecule has 2 heterocycles. The van der Waals surface area contributed by atoms with E-state index < -0.39 is 0 Å². The van der Waals surface area contributed by atoms with Crippen LogP contribution in [-0.2, 0) is 0 Å².